The molecule has 1 N–H and O–H groups in total. The lowest BCUT2D eigenvalue weighted by Crippen LogP contribution is -2.37. The van der Waals surface area contributed by atoms with Crippen LogP contribution in [0.5, 0.6) is 5.75 Å². The number of nitrogens with one attached hydrogen (secondary N) is 1. The Morgan fingerprint density at radius 2 is 2.04 bits per heavy atom. The maximum Gasteiger partial charge on any atom is 0.271 e. The van der Waals surface area contributed by atoms with Crippen molar-refractivity contribution in [1.29, 1.82) is 0 Å². The smallest absolute Gasteiger partial charge is 0.271 e. The summed E-state index contributed by atoms with van der Waals surface area (Å²) in [5, 5.41) is 6.97. The van der Waals surface area contributed by atoms with Gasteiger partial charge in [0.1, 0.15) is 11.4 Å². The summed E-state index contributed by atoms with van der Waals surface area (Å²) in [7, 11) is 3.18. The van der Waals surface area contributed by atoms with Gasteiger partial charge in [0.2, 0.25) is 0 Å². The molecule has 2 heterocycles. The number of ether oxygens (including phenoxy) is 1. The van der Waals surface area contributed by atoms with E-state index in [2.05, 4.69) is 21.4 Å². The van der Waals surface area contributed by atoms with Crippen LogP contribution in [0.4, 0.5) is 0 Å². The Balaban J connectivity index is 1.76. The number of methoxy groups -OCH3 is 1. The van der Waals surface area contributed by atoms with Gasteiger partial charge in [0.25, 0.3) is 11.5 Å². The van der Waals surface area contributed by atoms with Crippen LogP contribution < -0.4 is 15.6 Å². The minimum absolute atomic E-state index is 0.0732. The average Bonchev–Trinajstić information content (AvgIpc) is 3.18. The van der Waals surface area contributed by atoms with E-state index in [-0.39, 0.29) is 23.2 Å². The van der Waals surface area contributed by atoms with Gasteiger partial charge in [-0.25, -0.2) is 4.68 Å². The summed E-state index contributed by atoms with van der Waals surface area (Å²) in [5.41, 5.74) is 1.10. The normalized spacial score (nSPS) is 15.6. The molecular formula is C19H24N4O3. The number of hydrogen-bond acceptors (Lipinski definition) is 5. The first-order valence-electron chi connectivity index (χ1n) is 8.79. The minimum atomic E-state index is -0.285. The van der Waals surface area contributed by atoms with E-state index in [0.29, 0.717) is 6.54 Å². The second kappa shape index (κ2) is 8.14. The van der Waals surface area contributed by atoms with E-state index in [1.165, 1.54) is 19.2 Å². The first-order valence-corrected chi connectivity index (χ1v) is 8.79. The Morgan fingerprint density at radius 1 is 1.27 bits per heavy atom. The quantitative estimate of drug-likeness (QED) is 0.846. The second-order valence-corrected chi connectivity index (χ2v) is 6.43. The van der Waals surface area contributed by atoms with Crippen molar-refractivity contribution in [2.24, 2.45) is 7.05 Å². The summed E-state index contributed by atoms with van der Waals surface area (Å²) in [4.78, 5) is 26.3. The molecule has 3 rings (SSSR count). The van der Waals surface area contributed by atoms with Crippen molar-refractivity contribution < 1.29 is 9.53 Å². The van der Waals surface area contributed by atoms with Gasteiger partial charge in [0, 0.05) is 19.7 Å². The Kier molecular flexibility index (Phi) is 5.68. The Morgan fingerprint density at radius 3 is 2.73 bits per heavy atom. The number of nitrogens with zero attached hydrogens (tertiary/aromatic N) is 3. The molecule has 26 heavy (non-hydrogen) atoms. The highest BCUT2D eigenvalue weighted by molar-refractivity contribution is 5.92. The Labute approximate surface area is 152 Å². The predicted molar refractivity (Wildman–Crippen MR) is 98.4 cm³/mol. The van der Waals surface area contributed by atoms with Crippen LogP contribution in [0, 0.1) is 0 Å². The lowest BCUT2D eigenvalue weighted by atomic mass is 10.0. The fourth-order valence-corrected chi connectivity index (χ4v) is 3.26. The summed E-state index contributed by atoms with van der Waals surface area (Å²) in [6, 6.07) is 10.8. The summed E-state index contributed by atoms with van der Waals surface area (Å²) >= 11 is 0. The Bertz CT molecular complexity index is 828. The molecule has 1 atom stereocenters. The molecule has 1 aromatic carbocycles. The molecule has 1 amide bonds. The molecule has 1 fully saturated rings. The third-order valence-corrected chi connectivity index (χ3v) is 4.71. The van der Waals surface area contributed by atoms with Crippen molar-refractivity contribution in [2.75, 3.05) is 26.7 Å². The molecule has 0 aliphatic carbocycles. The van der Waals surface area contributed by atoms with Gasteiger partial charge in [-0.15, -0.1) is 0 Å². The molecule has 1 aliphatic heterocycles. The van der Waals surface area contributed by atoms with Gasteiger partial charge >= 0.3 is 0 Å². The van der Waals surface area contributed by atoms with Crippen LogP contribution in [0.25, 0.3) is 0 Å². The largest absolute Gasteiger partial charge is 0.497 e. The van der Waals surface area contributed by atoms with E-state index in [0.717, 1.165) is 41.9 Å². The summed E-state index contributed by atoms with van der Waals surface area (Å²) in [6.07, 6.45) is 2.33. The van der Waals surface area contributed by atoms with Crippen molar-refractivity contribution in [2.45, 2.75) is 18.9 Å². The van der Waals surface area contributed by atoms with E-state index in [1.807, 2.05) is 18.2 Å². The van der Waals surface area contributed by atoms with E-state index < -0.39 is 0 Å². The van der Waals surface area contributed by atoms with Gasteiger partial charge in [-0.3, -0.25) is 14.5 Å². The SMILES string of the molecule is COc1cccc(C(CNC(=O)c2ccc(=O)n(C)n2)N2CCCC2)c1. The van der Waals surface area contributed by atoms with Gasteiger partial charge in [-0.05, 0) is 49.7 Å². The standard InChI is InChI=1S/C19H24N4O3/c1-22-18(24)9-8-16(21-22)19(25)20-13-17(23-10-3-4-11-23)14-6-5-7-15(12-14)26-2/h5-9,12,17H,3-4,10-11,13H2,1-2H3,(H,20,25). The molecule has 1 aromatic heterocycles. The minimum Gasteiger partial charge on any atom is -0.497 e. The van der Waals surface area contributed by atoms with Crippen LogP contribution in [0.3, 0.4) is 0 Å². The fraction of sp³-hybridized carbons (Fsp3) is 0.421. The molecule has 7 nitrogen and oxygen atoms in total. The Hall–Kier alpha value is -2.67. The lowest BCUT2D eigenvalue weighted by molar-refractivity contribution is 0.0930. The third-order valence-electron chi connectivity index (χ3n) is 4.71. The van der Waals surface area contributed by atoms with Crippen molar-refractivity contribution in [3.8, 4) is 5.75 Å². The molecular weight excluding hydrogens is 332 g/mol. The zero-order valence-corrected chi connectivity index (χ0v) is 15.1. The number of aromatic nitrogens is 2. The molecule has 0 bridgehead atoms. The molecule has 0 saturated carbocycles. The van der Waals surface area contributed by atoms with Crippen LogP contribution in [0.1, 0.15) is 34.9 Å². The summed E-state index contributed by atoms with van der Waals surface area (Å²) in [5.74, 6) is 0.519. The molecule has 0 radical (unpaired) electrons. The van der Waals surface area contributed by atoms with Crippen LogP contribution in [-0.4, -0.2) is 47.3 Å². The predicted octanol–water partition coefficient (Wildman–Crippen LogP) is 1.36. The van der Waals surface area contributed by atoms with Crippen molar-refractivity contribution in [3.63, 3.8) is 0 Å². The molecule has 1 saturated heterocycles. The fourth-order valence-electron chi connectivity index (χ4n) is 3.26. The summed E-state index contributed by atoms with van der Waals surface area (Å²) < 4.78 is 6.50. The highest BCUT2D eigenvalue weighted by Gasteiger charge is 2.24. The number of carbonyl (C=O) groups excluding carboxylic acids is 1. The lowest BCUT2D eigenvalue weighted by Gasteiger charge is -2.28. The van der Waals surface area contributed by atoms with Crippen LogP contribution in [-0.2, 0) is 7.05 Å². The maximum absolute atomic E-state index is 12.4. The number of rotatable bonds is 6. The average molecular weight is 356 g/mol. The zero-order valence-electron chi connectivity index (χ0n) is 15.1. The number of benzene rings is 1. The van der Waals surface area contributed by atoms with Crippen molar-refractivity contribution >= 4 is 5.91 Å². The highest BCUT2D eigenvalue weighted by atomic mass is 16.5. The van der Waals surface area contributed by atoms with E-state index in [4.69, 9.17) is 4.74 Å². The van der Waals surface area contributed by atoms with Crippen LogP contribution in [0.2, 0.25) is 0 Å². The van der Waals surface area contributed by atoms with Gasteiger partial charge < -0.3 is 10.1 Å². The molecule has 2 aromatic rings. The van der Waals surface area contributed by atoms with Gasteiger partial charge in [-0.2, -0.15) is 5.10 Å². The number of likely N-dealkylation sites (tertiary alicyclic amines) is 1. The number of aryl methyl sites for hydroxylation is 1. The summed E-state index contributed by atoms with van der Waals surface area (Å²) in [6.45, 7) is 2.49. The molecule has 0 spiro atoms. The van der Waals surface area contributed by atoms with Crippen molar-refractivity contribution in [3.05, 3.63) is 58.0 Å². The second-order valence-electron chi connectivity index (χ2n) is 6.43. The topological polar surface area (TPSA) is 76.5 Å². The number of carbonyl (C=O) groups is 1. The van der Waals surface area contributed by atoms with Crippen LogP contribution in [0.15, 0.2) is 41.2 Å². The van der Waals surface area contributed by atoms with Gasteiger partial charge in [0.05, 0.1) is 13.2 Å². The molecule has 7 heteroatoms. The monoisotopic (exact) mass is 356 g/mol. The van der Waals surface area contributed by atoms with E-state index in [1.54, 1.807) is 7.11 Å². The molecule has 1 aliphatic rings. The zero-order chi connectivity index (χ0) is 18.5. The number of amides is 1. The first kappa shape index (κ1) is 18.1. The van der Waals surface area contributed by atoms with Crippen molar-refractivity contribution in [1.82, 2.24) is 20.0 Å². The highest BCUT2D eigenvalue weighted by Crippen LogP contribution is 2.27. The van der Waals surface area contributed by atoms with E-state index in [9.17, 15) is 9.59 Å². The molecule has 1 unspecified atom stereocenters. The van der Waals surface area contributed by atoms with Gasteiger partial charge in [-0.1, -0.05) is 12.1 Å². The number of hydrogen-bond donors (Lipinski definition) is 1. The van der Waals surface area contributed by atoms with Crippen LogP contribution >= 0.6 is 0 Å². The third kappa shape index (κ3) is 4.11. The van der Waals surface area contributed by atoms with Gasteiger partial charge in [0.15, 0.2) is 0 Å². The first-order chi connectivity index (χ1) is 12.6. The maximum atomic E-state index is 12.4. The van der Waals surface area contributed by atoms with E-state index >= 15 is 0 Å². The molecule has 138 valence electrons.